The molecule has 1 amide bonds. The predicted molar refractivity (Wildman–Crippen MR) is 68.4 cm³/mol. The number of hydrogen-bond donors (Lipinski definition) is 2. The van der Waals surface area contributed by atoms with Crippen molar-refractivity contribution in [2.24, 2.45) is 11.7 Å². The van der Waals surface area contributed by atoms with E-state index in [-0.39, 0.29) is 5.91 Å². The summed E-state index contributed by atoms with van der Waals surface area (Å²) in [5.41, 5.74) is 5.66. The van der Waals surface area contributed by atoms with E-state index in [1.54, 1.807) is 0 Å². The summed E-state index contributed by atoms with van der Waals surface area (Å²) >= 11 is 1.91. The molecule has 0 spiro atoms. The van der Waals surface area contributed by atoms with Crippen molar-refractivity contribution in [2.75, 3.05) is 11.5 Å². The van der Waals surface area contributed by atoms with E-state index in [0.29, 0.717) is 12.0 Å². The van der Waals surface area contributed by atoms with E-state index >= 15 is 0 Å². The predicted octanol–water partition coefficient (Wildman–Crippen LogP) is 1.52. The first-order chi connectivity index (χ1) is 7.60. The monoisotopic (exact) mass is 242 g/mol. The molecular weight excluding hydrogens is 220 g/mol. The van der Waals surface area contributed by atoms with Gasteiger partial charge in [0.25, 0.3) is 0 Å². The largest absolute Gasteiger partial charge is 0.351 e. The Morgan fingerprint density at radius 3 is 2.94 bits per heavy atom. The number of thioether (sulfide) groups is 1. The molecule has 1 heterocycles. The SMILES string of the molecule is CC1CCCC(N)(C(=O)NC2CCSC2)C1. The standard InChI is InChI=1S/C12H22N2OS/c1-9-3-2-5-12(13,7-9)11(15)14-10-4-6-16-8-10/h9-10H,2-8,13H2,1H3,(H,14,15). The van der Waals surface area contributed by atoms with Crippen LogP contribution in [0.25, 0.3) is 0 Å². The molecule has 3 nitrogen and oxygen atoms in total. The fourth-order valence-electron chi connectivity index (χ4n) is 2.78. The maximum Gasteiger partial charge on any atom is 0.240 e. The fourth-order valence-corrected chi connectivity index (χ4v) is 3.93. The van der Waals surface area contributed by atoms with E-state index in [2.05, 4.69) is 12.2 Å². The van der Waals surface area contributed by atoms with Crippen LogP contribution < -0.4 is 11.1 Å². The third-order valence-corrected chi connectivity index (χ3v) is 4.91. The van der Waals surface area contributed by atoms with Crippen molar-refractivity contribution in [1.29, 1.82) is 0 Å². The minimum Gasteiger partial charge on any atom is -0.351 e. The lowest BCUT2D eigenvalue weighted by Crippen LogP contribution is -2.58. The van der Waals surface area contributed by atoms with Gasteiger partial charge in [-0.05, 0) is 30.9 Å². The molecule has 2 aliphatic rings. The Labute approximate surface area is 102 Å². The highest BCUT2D eigenvalue weighted by Gasteiger charge is 2.38. The van der Waals surface area contributed by atoms with Crippen LogP contribution in [-0.4, -0.2) is 29.0 Å². The van der Waals surface area contributed by atoms with E-state index in [1.165, 1.54) is 12.2 Å². The van der Waals surface area contributed by atoms with E-state index in [4.69, 9.17) is 5.73 Å². The molecule has 0 aromatic rings. The van der Waals surface area contributed by atoms with Crippen molar-refractivity contribution < 1.29 is 4.79 Å². The molecule has 3 unspecified atom stereocenters. The fraction of sp³-hybridized carbons (Fsp3) is 0.917. The first-order valence-electron chi connectivity index (χ1n) is 6.28. The van der Waals surface area contributed by atoms with Crippen LogP contribution in [0.5, 0.6) is 0 Å². The molecule has 2 fully saturated rings. The molecule has 0 radical (unpaired) electrons. The van der Waals surface area contributed by atoms with Crippen LogP contribution in [0.1, 0.15) is 39.0 Å². The minimum atomic E-state index is -0.592. The summed E-state index contributed by atoms with van der Waals surface area (Å²) in [6, 6.07) is 0.357. The molecule has 1 aliphatic carbocycles. The molecule has 2 rings (SSSR count). The summed E-state index contributed by atoms with van der Waals surface area (Å²) in [4.78, 5) is 12.2. The topological polar surface area (TPSA) is 55.1 Å². The highest BCUT2D eigenvalue weighted by molar-refractivity contribution is 7.99. The van der Waals surface area contributed by atoms with Crippen molar-refractivity contribution in [3.05, 3.63) is 0 Å². The maximum atomic E-state index is 12.2. The van der Waals surface area contributed by atoms with Gasteiger partial charge in [0, 0.05) is 11.8 Å². The summed E-state index contributed by atoms with van der Waals surface area (Å²) < 4.78 is 0. The van der Waals surface area contributed by atoms with Crippen LogP contribution >= 0.6 is 11.8 Å². The van der Waals surface area contributed by atoms with Crippen molar-refractivity contribution in [2.45, 2.75) is 50.6 Å². The van der Waals surface area contributed by atoms with Gasteiger partial charge in [-0.3, -0.25) is 4.79 Å². The molecule has 4 heteroatoms. The summed E-state index contributed by atoms with van der Waals surface area (Å²) in [5, 5.41) is 3.12. The van der Waals surface area contributed by atoms with Crippen LogP contribution in [0.4, 0.5) is 0 Å². The molecule has 16 heavy (non-hydrogen) atoms. The van der Waals surface area contributed by atoms with Crippen LogP contribution in [0.3, 0.4) is 0 Å². The highest BCUT2D eigenvalue weighted by Crippen LogP contribution is 2.31. The van der Waals surface area contributed by atoms with Crippen molar-refractivity contribution in [3.63, 3.8) is 0 Å². The van der Waals surface area contributed by atoms with Crippen LogP contribution in [0.2, 0.25) is 0 Å². The van der Waals surface area contributed by atoms with Crippen molar-refractivity contribution in [1.82, 2.24) is 5.32 Å². The van der Waals surface area contributed by atoms with Gasteiger partial charge in [0.05, 0.1) is 5.54 Å². The molecule has 3 N–H and O–H groups in total. The molecule has 1 saturated heterocycles. The third kappa shape index (κ3) is 2.72. The second-order valence-corrected chi connectivity index (χ2v) is 6.54. The quantitative estimate of drug-likeness (QED) is 0.772. The van der Waals surface area contributed by atoms with Gasteiger partial charge in [-0.1, -0.05) is 19.8 Å². The lowest BCUT2D eigenvalue weighted by atomic mass is 9.76. The van der Waals surface area contributed by atoms with Gasteiger partial charge in [-0.25, -0.2) is 0 Å². The van der Waals surface area contributed by atoms with Gasteiger partial charge in [-0.2, -0.15) is 11.8 Å². The average molecular weight is 242 g/mol. The first kappa shape index (κ1) is 12.2. The molecule has 1 saturated carbocycles. The molecule has 0 aromatic carbocycles. The lowest BCUT2D eigenvalue weighted by Gasteiger charge is -2.36. The number of carbonyl (C=O) groups is 1. The minimum absolute atomic E-state index is 0.0894. The smallest absolute Gasteiger partial charge is 0.240 e. The average Bonchev–Trinajstić information content (AvgIpc) is 2.70. The maximum absolute atomic E-state index is 12.2. The van der Waals surface area contributed by atoms with Crippen molar-refractivity contribution >= 4 is 17.7 Å². The molecule has 1 aliphatic heterocycles. The molecule has 92 valence electrons. The number of amides is 1. The molecular formula is C12H22N2OS. The first-order valence-corrected chi connectivity index (χ1v) is 7.43. The Bertz CT molecular complexity index is 266. The van der Waals surface area contributed by atoms with E-state index < -0.39 is 5.54 Å². The Balaban J connectivity index is 1.91. The number of hydrogen-bond acceptors (Lipinski definition) is 3. The second kappa shape index (κ2) is 4.96. The Kier molecular flexibility index (Phi) is 3.80. The van der Waals surface area contributed by atoms with Gasteiger partial charge in [0.1, 0.15) is 0 Å². The molecule has 3 atom stereocenters. The van der Waals surface area contributed by atoms with Crippen LogP contribution in [0.15, 0.2) is 0 Å². The zero-order valence-corrected chi connectivity index (χ0v) is 10.8. The summed E-state index contributed by atoms with van der Waals surface area (Å²) in [7, 11) is 0. The summed E-state index contributed by atoms with van der Waals surface area (Å²) in [6.07, 6.45) is 5.10. The zero-order valence-electron chi connectivity index (χ0n) is 10.00. The Morgan fingerprint density at radius 1 is 1.50 bits per heavy atom. The van der Waals surface area contributed by atoms with E-state index in [1.807, 2.05) is 11.8 Å². The van der Waals surface area contributed by atoms with E-state index in [9.17, 15) is 4.79 Å². The molecule has 0 aromatic heterocycles. The van der Waals surface area contributed by atoms with E-state index in [0.717, 1.165) is 31.4 Å². The van der Waals surface area contributed by atoms with Crippen LogP contribution in [0, 0.1) is 5.92 Å². The normalized spacial score (nSPS) is 39.6. The third-order valence-electron chi connectivity index (χ3n) is 3.75. The lowest BCUT2D eigenvalue weighted by molar-refractivity contribution is -0.128. The Morgan fingerprint density at radius 2 is 2.31 bits per heavy atom. The summed E-state index contributed by atoms with van der Waals surface area (Å²) in [5.74, 6) is 2.89. The van der Waals surface area contributed by atoms with Crippen molar-refractivity contribution in [3.8, 4) is 0 Å². The second-order valence-electron chi connectivity index (χ2n) is 5.39. The number of nitrogens with two attached hydrogens (primary N) is 1. The number of nitrogens with one attached hydrogen (secondary N) is 1. The van der Waals surface area contributed by atoms with Gasteiger partial charge >= 0.3 is 0 Å². The molecule has 0 bridgehead atoms. The summed E-state index contributed by atoms with van der Waals surface area (Å²) in [6.45, 7) is 2.19. The van der Waals surface area contributed by atoms with Gasteiger partial charge in [-0.15, -0.1) is 0 Å². The van der Waals surface area contributed by atoms with Gasteiger partial charge in [0.2, 0.25) is 5.91 Å². The zero-order chi connectivity index (χ0) is 11.6. The van der Waals surface area contributed by atoms with Gasteiger partial charge in [0.15, 0.2) is 0 Å². The number of carbonyl (C=O) groups excluding carboxylic acids is 1. The number of rotatable bonds is 2. The Hall–Kier alpha value is -0.220. The van der Waals surface area contributed by atoms with Gasteiger partial charge < -0.3 is 11.1 Å². The highest BCUT2D eigenvalue weighted by atomic mass is 32.2. The van der Waals surface area contributed by atoms with Crippen LogP contribution in [-0.2, 0) is 4.79 Å².